The first-order valence-electron chi connectivity index (χ1n) is 7.28. The van der Waals surface area contributed by atoms with E-state index >= 15 is 0 Å². The molecule has 1 saturated carbocycles. The number of nitrogens with one attached hydrogen (secondary N) is 1. The Morgan fingerprint density at radius 1 is 1.33 bits per heavy atom. The van der Waals surface area contributed by atoms with Crippen molar-refractivity contribution < 1.29 is 4.92 Å². The van der Waals surface area contributed by atoms with Crippen LogP contribution in [0.1, 0.15) is 26.7 Å². The van der Waals surface area contributed by atoms with Gasteiger partial charge in [0.1, 0.15) is 0 Å². The molecule has 1 aliphatic rings. The molecule has 110 valence electrons. The van der Waals surface area contributed by atoms with Gasteiger partial charge in [-0.2, -0.15) is 0 Å². The lowest BCUT2D eigenvalue weighted by Gasteiger charge is -2.21. The van der Waals surface area contributed by atoms with Crippen LogP contribution in [-0.2, 0) is 0 Å². The third-order valence-corrected chi connectivity index (χ3v) is 4.74. The third-order valence-electron chi connectivity index (χ3n) is 4.74. The summed E-state index contributed by atoms with van der Waals surface area (Å²) in [5.74, 6) is 0.649. The van der Waals surface area contributed by atoms with Crippen molar-refractivity contribution in [3.63, 3.8) is 0 Å². The van der Waals surface area contributed by atoms with Gasteiger partial charge in [-0.15, -0.1) is 0 Å². The molecule has 5 nitrogen and oxygen atoms in total. The lowest BCUT2D eigenvalue weighted by atomic mass is 9.92. The number of fused-ring (bicyclic) bond motifs is 1. The van der Waals surface area contributed by atoms with Crippen LogP contribution in [0.3, 0.4) is 0 Å². The van der Waals surface area contributed by atoms with Crippen molar-refractivity contribution >= 4 is 22.1 Å². The van der Waals surface area contributed by atoms with E-state index < -0.39 is 0 Å². The summed E-state index contributed by atoms with van der Waals surface area (Å²) < 4.78 is 0. The highest BCUT2D eigenvalue weighted by atomic mass is 16.6. The van der Waals surface area contributed by atoms with Gasteiger partial charge in [0.15, 0.2) is 0 Å². The fourth-order valence-electron chi connectivity index (χ4n) is 2.88. The van der Waals surface area contributed by atoms with Crippen LogP contribution in [0, 0.1) is 21.4 Å². The summed E-state index contributed by atoms with van der Waals surface area (Å²) in [5.41, 5.74) is 1.44. The smallest absolute Gasteiger partial charge is 0.278 e. The van der Waals surface area contributed by atoms with E-state index in [1.54, 1.807) is 24.5 Å². The van der Waals surface area contributed by atoms with Crippen LogP contribution in [0.5, 0.6) is 0 Å². The second-order valence-corrected chi connectivity index (χ2v) is 6.18. The number of rotatable bonds is 5. The number of non-ortho nitro benzene ring substituents is 1. The number of hydrogen-bond acceptors (Lipinski definition) is 4. The molecule has 0 aliphatic heterocycles. The zero-order valence-electron chi connectivity index (χ0n) is 12.3. The Hall–Kier alpha value is -2.17. The zero-order chi connectivity index (χ0) is 15.0. The van der Waals surface area contributed by atoms with Gasteiger partial charge in [0.05, 0.1) is 10.3 Å². The van der Waals surface area contributed by atoms with Crippen molar-refractivity contribution in [2.24, 2.45) is 11.3 Å². The van der Waals surface area contributed by atoms with Crippen LogP contribution in [0.4, 0.5) is 11.4 Å². The average molecular weight is 285 g/mol. The molecule has 5 heteroatoms. The molecule has 1 fully saturated rings. The summed E-state index contributed by atoms with van der Waals surface area (Å²) in [6.45, 7) is 5.43. The maximum Gasteiger partial charge on any atom is 0.278 e. The number of hydrogen-bond donors (Lipinski definition) is 1. The lowest BCUT2D eigenvalue weighted by molar-refractivity contribution is -0.383. The standard InChI is InChI=1S/C16H19N3O2/c1-11(2)16(6-7-16)10-18-14-3-4-15(19(20)21)13-9-17-8-5-12(13)14/h3-5,8-9,11,18H,6-7,10H2,1-2H3. The van der Waals surface area contributed by atoms with Gasteiger partial charge in [-0.25, -0.2) is 0 Å². The van der Waals surface area contributed by atoms with E-state index in [1.165, 1.54) is 12.8 Å². The van der Waals surface area contributed by atoms with Gasteiger partial charge in [0.2, 0.25) is 0 Å². The van der Waals surface area contributed by atoms with Gasteiger partial charge in [0.25, 0.3) is 5.69 Å². The maximum absolute atomic E-state index is 11.1. The zero-order valence-corrected chi connectivity index (χ0v) is 12.3. The predicted molar refractivity (Wildman–Crippen MR) is 83.4 cm³/mol. The first kappa shape index (κ1) is 13.8. The van der Waals surface area contributed by atoms with E-state index in [4.69, 9.17) is 0 Å². The molecule has 21 heavy (non-hydrogen) atoms. The molecule has 0 unspecified atom stereocenters. The molecule has 0 spiro atoms. The Morgan fingerprint density at radius 2 is 2.10 bits per heavy atom. The fraction of sp³-hybridized carbons (Fsp3) is 0.438. The molecule has 0 amide bonds. The second-order valence-electron chi connectivity index (χ2n) is 6.18. The minimum atomic E-state index is -0.357. The Balaban J connectivity index is 1.93. The van der Waals surface area contributed by atoms with E-state index in [-0.39, 0.29) is 10.6 Å². The fourth-order valence-corrected chi connectivity index (χ4v) is 2.88. The molecule has 1 aliphatic carbocycles. The highest BCUT2D eigenvalue weighted by molar-refractivity contribution is 5.99. The van der Waals surface area contributed by atoms with E-state index in [9.17, 15) is 10.1 Å². The maximum atomic E-state index is 11.1. The molecule has 0 saturated heterocycles. The number of nitrogens with zero attached hydrogens (tertiary/aromatic N) is 2. The molecule has 0 bridgehead atoms. The first-order chi connectivity index (χ1) is 10.0. The van der Waals surface area contributed by atoms with Crippen LogP contribution in [0.25, 0.3) is 10.8 Å². The van der Waals surface area contributed by atoms with Gasteiger partial charge in [0, 0.05) is 36.1 Å². The van der Waals surface area contributed by atoms with Crippen LogP contribution >= 0.6 is 0 Å². The summed E-state index contributed by atoms with van der Waals surface area (Å²) in [6.07, 6.45) is 5.74. The van der Waals surface area contributed by atoms with Crippen molar-refractivity contribution in [2.45, 2.75) is 26.7 Å². The van der Waals surface area contributed by atoms with Crippen LogP contribution < -0.4 is 5.32 Å². The van der Waals surface area contributed by atoms with Crippen molar-refractivity contribution in [1.29, 1.82) is 0 Å². The highest BCUT2D eigenvalue weighted by Crippen LogP contribution is 2.51. The van der Waals surface area contributed by atoms with Gasteiger partial charge in [-0.05, 0) is 36.3 Å². The topological polar surface area (TPSA) is 68.1 Å². The SMILES string of the molecule is CC(C)C1(CNc2ccc([N+](=O)[O-])c3cnccc23)CC1. The molecule has 1 N–H and O–H groups in total. The minimum Gasteiger partial charge on any atom is -0.384 e. The molecule has 0 atom stereocenters. The number of nitro benzene ring substituents is 1. The molecular weight excluding hydrogens is 266 g/mol. The summed E-state index contributed by atoms with van der Waals surface area (Å²) >= 11 is 0. The van der Waals surface area contributed by atoms with Crippen LogP contribution in [-0.4, -0.2) is 16.5 Å². The molecule has 3 rings (SSSR count). The quantitative estimate of drug-likeness (QED) is 0.666. The second kappa shape index (κ2) is 4.98. The van der Waals surface area contributed by atoms with E-state index in [1.807, 2.05) is 6.07 Å². The van der Waals surface area contributed by atoms with E-state index in [0.29, 0.717) is 16.7 Å². The van der Waals surface area contributed by atoms with Gasteiger partial charge in [-0.1, -0.05) is 13.8 Å². The number of aromatic nitrogens is 1. The van der Waals surface area contributed by atoms with Crippen molar-refractivity contribution in [3.05, 3.63) is 40.7 Å². The Kier molecular flexibility index (Phi) is 3.27. The first-order valence-corrected chi connectivity index (χ1v) is 7.28. The average Bonchev–Trinajstić information content (AvgIpc) is 3.25. The monoisotopic (exact) mass is 285 g/mol. The number of pyridine rings is 1. The van der Waals surface area contributed by atoms with Gasteiger partial charge < -0.3 is 5.32 Å². The summed E-state index contributed by atoms with van der Waals surface area (Å²) in [7, 11) is 0. The number of nitro groups is 1. The lowest BCUT2D eigenvalue weighted by Crippen LogP contribution is -2.21. The Bertz CT molecular complexity index is 693. The normalized spacial score (nSPS) is 16.1. The molecular formula is C16H19N3O2. The predicted octanol–water partition coefficient (Wildman–Crippen LogP) is 3.99. The number of benzene rings is 1. The van der Waals surface area contributed by atoms with Crippen molar-refractivity contribution in [1.82, 2.24) is 4.98 Å². The molecule has 0 radical (unpaired) electrons. The summed E-state index contributed by atoms with van der Waals surface area (Å²) in [4.78, 5) is 14.8. The van der Waals surface area contributed by atoms with E-state index in [2.05, 4.69) is 24.1 Å². The minimum absolute atomic E-state index is 0.105. The van der Waals surface area contributed by atoms with Crippen LogP contribution in [0.2, 0.25) is 0 Å². The highest BCUT2D eigenvalue weighted by Gasteiger charge is 2.44. The molecule has 2 aromatic rings. The molecule has 1 aromatic carbocycles. The molecule has 1 heterocycles. The Labute approximate surface area is 123 Å². The Morgan fingerprint density at radius 3 is 2.71 bits per heavy atom. The van der Waals surface area contributed by atoms with Gasteiger partial charge in [-0.3, -0.25) is 15.1 Å². The third kappa shape index (κ3) is 2.44. The van der Waals surface area contributed by atoms with E-state index in [0.717, 1.165) is 17.6 Å². The number of anilines is 1. The van der Waals surface area contributed by atoms with Gasteiger partial charge >= 0.3 is 0 Å². The summed E-state index contributed by atoms with van der Waals surface area (Å²) in [5, 5.41) is 16.0. The largest absolute Gasteiger partial charge is 0.384 e. The van der Waals surface area contributed by atoms with Crippen molar-refractivity contribution in [3.8, 4) is 0 Å². The van der Waals surface area contributed by atoms with Crippen LogP contribution in [0.15, 0.2) is 30.6 Å². The molecule has 1 aromatic heterocycles. The van der Waals surface area contributed by atoms with Crippen molar-refractivity contribution in [2.75, 3.05) is 11.9 Å². The summed E-state index contributed by atoms with van der Waals surface area (Å²) in [6, 6.07) is 5.19.